The van der Waals surface area contributed by atoms with E-state index in [0.29, 0.717) is 27.9 Å². The van der Waals surface area contributed by atoms with Crippen molar-refractivity contribution >= 4 is 40.1 Å². The van der Waals surface area contributed by atoms with E-state index in [9.17, 15) is 0 Å². The standard InChI is InChI=1S/C21H22Cl2N4O3/c1-20(2)29-16-19(27-7-6-12-17(24)25-10-26-18(12)27)28-15(21(16,3)30-20)9-11-4-5-13(22)14(23)8-11/h4-8,10,15-16,19H,9H2,1-3H3,(H2,24,25,26)/t15-,16+,19-,21-/m1/s1. The number of benzene rings is 1. The highest BCUT2D eigenvalue weighted by Gasteiger charge is 2.63. The monoisotopic (exact) mass is 448 g/mol. The van der Waals surface area contributed by atoms with Gasteiger partial charge in [-0.25, -0.2) is 9.97 Å². The van der Waals surface area contributed by atoms with Crippen LogP contribution in [-0.4, -0.2) is 38.1 Å². The smallest absolute Gasteiger partial charge is 0.165 e. The Balaban J connectivity index is 1.54. The molecule has 9 heteroatoms. The quantitative estimate of drug-likeness (QED) is 0.639. The summed E-state index contributed by atoms with van der Waals surface area (Å²) >= 11 is 12.3. The third kappa shape index (κ3) is 3.08. The number of aromatic nitrogens is 3. The Morgan fingerprint density at radius 1 is 1.13 bits per heavy atom. The highest BCUT2D eigenvalue weighted by molar-refractivity contribution is 6.42. The molecule has 0 amide bonds. The summed E-state index contributed by atoms with van der Waals surface area (Å²) in [5.74, 6) is -0.315. The van der Waals surface area contributed by atoms with Gasteiger partial charge in [0, 0.05) is 12.6 Å². The molecular formula is C21H22Cl2N4O3. The number of anilines is 1. The summed E-state index contributed by atoms with van der Waals surface area (Å²) in [6.07, 6.45) is 2.89. The van der Waals surface area contributed by atoms with Crippen LogP contribution in [-0.2, 0) is 20.6 Å². The zero-order valence-corrected chi connectivity index (χ0v) is 18.3. The Hall–Kier alpha value is -1.90. The molecule has 0 spiro atoms. The second kappa shape index (κ2) is 6.80. The first-order chi connectivity index (χ1) is 14.2. The van der Waals surface area contributed by atoms with Gasteiger partial charge in [0.15, 0.2) is 12.0 Å². The zero-order valence-electron chi connectivity index (χ0n) is 16.8. The van der Waals surface area contributed by atoms with Crippen LogP contribution in [0.4, 0.5) is 5.82 Å². The van der Waals surface area contributed by atoms with Crippen LogP contribution in [0, 0.1) is 0 Å². The molecule has 0 saturated carbocycles. The third-order valence-corrected chi connectivity index (χ3v) is 6.60. The Bertz CT molecular complexity index is 1130. The topological polar surface area (TPSA) is 84.4 Å². The highest BCUT2D eigenvalue weighted by Crippen LogP contribution is 2.51. The van der Waals surface area contributed by atoms with Crippen LogP contribution in [0.3, 0.4) is 0 Å². The van der Waals surface area contributed by atoms with Crippen molar-refractivity contribution in [2.45, 2.75) is 57.0 Å². The number of nitrogens with zero attached hydrogens (tertiary/aromatic N) is 3. The number of hydrogen-bond acceptors (Lipinski definition) is 6. The van der Waals surface area contributed by atoms with Gasteiger partial charge in [-0.3, -0.25) is 0 Å². The van der Waals surface area contributed by atoms with Crippen LogP contribution in [0.1, 0.15) is 32.6 Å². The number of nitrogen functional groups attached to an aromatic ring is 1. The SMILES string of the molecule is CC1(C)O[C@H]2[C@H](n3ccc4c(N)ncnc43)O[C@H](Cc3ccc(Cl)c(Cl)c3)[C@@]2(C)O1. The van der Waals surface area contributed by atoms with Gasteiger partial charge in [0.2, 0.25) is 0 Å². The Labute approximate surface area is 184 Å². The van der Waals surface area contributed by atoms with E-state index < -0.39 is 17.6 Å². The molecule has 2 aliphatic rings. The molecule has 4 heterocycles. The van der Waals surface area contributed by atoms with Crippen molar-refractivity contribution in [3.63, 3.8) is 0 Å². The fourth-order valence-electron chi connectivity index (χ4n) is 4.54. The lowest BCUT2D eigenvalue weighted by Gasteiger charge is -2.29. The first-order valence-corrected chi connectivity index (χ1v) is 10.5. The number of fused-ring (bicyclic) bond motifs is 2. The van der Waals surface area contributed by atoms with Gasteiger partial charge in [-0.05, 0) is 44.5 Å². The van der Waals surface area contributed by atoms with Crippen LogP contribution in [0.25, 0.3) is 11.0 Å². The van der Waals surface area contributed by atoms with Crippen LogP contribution >= 0.6 is 23.2 Å². The molecule has 2 fully saturated rings. The van der Waals surface area contributed by atoms with Gasteiger partial charge in [-0.2, -0.15) is 0 Å². The van der Waals surface area contributed by atoms with Crippen molar-refractivity contribution in [3.05, 3.63) is 52.4 Å². The molecule has 30 heavy (non-hydrogen) atoms. The van der Waals surface area contributed by atoms with Crippen LogP contribution in [0.2, 0.25) is 10.0 Å². The molecule has 4 atom stereocenters. The number of hydrogen-bond donors (Lipinski definition) is 1. The summed E-state index contributed by atoms with van der Waals surface area (Å²) < 4.78 is 21.2. The van der Waals surface area contributed by atoms with Crippen LogP contribution in [0.5, 0.6) is 0 Å². The second-order valence-corrected chi connectivity index (χ2v) is 9.23. The van der Waals surface area contributed by atoms with Gasteiger partial charge in [0.25, 0.3) is 0 Å². The largest absolute Gasteiger partial charge is 0.383 e. The molecule has 0 unspecified atom stereocenters. The number of halogens is 2. The third-order valence-electron chi connectivity index (χ3n) is 5.86. The molecule has 7 nitrogen and oxygen atoms in total. The van der Waals surface area contributed by atoms with E-state index in [2.05, 4.69) is 9.97 Å². The van der Waals surface area contributed by atoms with Crippen molar-refractivity contribution in [2.24, 2.45) is 0 Å². The molecule has 2 aliphatic heterocycles. The number of rotatable bonds is 3. The molecule has 158 valence electrons. The summed E-state index contributed by atoms with van der Waals surface area (Å²) in [4.78, 5) is 8.48. The van der Waals surface area contributed by atoms with E-state index >= 15 is 0 Å². The summed E-state index contributed by atoms with van der Waals surface area (Å²) in [6, 6.07) is 7.49. The van der Waals surface area contributed by atoms with Gasteiger partial charge in [0.05, 0.1) is 21.5 Å². The first-order valence-electron chi connectivity index (χ1n) is 9.72. The average molecular weight is 449 g/mol. The summed E-state index contributed by atoms with van der Waals surface area (Å²) in [5.41, 5.74) is 7.04. The first kappa shape index (κ1) is 20.0. The van der Waals surface area contributed by atoms with Crippen molar-refractivity contribution in [1.29, 1.82) is 0 Å². The minimum absolute atomic E-state index is 0.275. The highest BCUT2D eigenvalue weighted by atomic mass is 35.5. The maximum absolute atomic E-state index is 6.53. The lowest BCUT2D eigenvalue weighted by atomic mass is 9.90. The number of nitrogens with two attached hydrogens (primary N) is 1. The molecule has 5 rings (SSSR count). The minimum atomic E-state index is -0.742. The van der Waals surface area contributed by atoms with Crippen molar-refractivity contribution in [1.82, 2.24) is 14.5 Å². The Morgan fingerprint density at radius 3 is 2.70 bits per heavy atom. The number of ether oxygens (including phenoxy) is 3. The van der Waals surface area contributed by atoms with Crippen LogP contribution in [0.15, 0.2) is 36.8 Å². The van der Waals surface area contributed by atoms with Gasteiger partial charge in [-0.15, -0.1) is 0 Å². The molecule has 0 bridgehead atoms. The van der Waals surface area contributed by atoms with E-state index in [1.54, 1.807) is 6.07 Å². The summed E-state index contributed by atoms with van der Waals surface area (Å²) in [7, 11) is 0. The maximum Gasteiger partial charge on any atom is 0.165 e. The minimum Gasteiger partial charge on any atom is -0.383 e. The summed E-state index contributed by atoms with van der Waals surface area (Å²) in [6.45, 7) is 5.86. The average Bonchev–Trinajstić information content (AvgIpc) is 3.28. The van der Waals surface area contributed by atoms with E-state index in [-0.39, 0.29) is 12.2 Å². The fraction of sp³-hybridized carbons (Fsp3) is 0.429. The van der Waals surface area contributed by atoms with Crippen molar-refractivity contribution < 1.29 is 14.2 Å². The Morgan fingerprint density at radius 2 is 1.93 bits per heavy atom. The lowest BCUT2D eigenvalue weighted by Crippen LogP contribution is -2.44. The zero-order chi connectivity index (χ0) is 21.3. The van der Waals surface area contributed by atoms with Crippen molar-refractivity contribution in [2.75, 3.05) is 5.73 Å². The Kier molecular flexibility index (Phi) is 4.54. The van der Waals surface area contributed by atoms with E-state index in [0.717, 1.165) is 10.9 Å². The molecule has 0 aliphatic carbocycles. The molecule has 0 radical (unpaired) electrons. The van der Waals surface area contributed by atoms with E-state index in [1.807, 2.05) is 49.7 Å². The lowest BCUT2D eigenvalue weighted by molar-refractivity contribution is -0.209. The van der Waals surface area contributed by atoms with Gasteiger partial charge < -0.3 is 24.5 Å². The molecule has 2 saturated heterocycles. The van der Waals surface area contributed by atoms with Gasteiger partial charge in [-0.1, -0.05) is 29.3 Å². The summed E-state index contributed by atoms with van der Waals surface area (Å²) in [5, 5.41) is 1.80. The fourth-order valence-corrected chi connectivity index (χ4v) is 4.86. The van der Waals surface area contributed by atoms with E-state index in [4.69, 9.17) is 43.1 Å². The van der Waals surface area contributed by atoms with Crippen molar-refractivity contribution in [3.8, 4) is 0 Å². The molecule has 3 aromatic rings. The second-order valence-electron chi connectivity index (χ2n) is 8.41. The maximum atomic E-state index is 6.53. The predicted octanol–water partition coefficient (Wildman–Crippen LogP) is 4.37. The molecule has 2 N–H and O–H groups in total. The van der Waals surface area contributed by atoms with Gasteiger partial charge >= 0.3 is 0 Å². The van der Waals surface area contributed by atoms with E-state index in [1.165, 1.54) is 6.33 Å². The molecule has 2 aromatic heterocycles. The molecule has 1 aromatic carbocycles. The van der Waals surface area contributed by atoms with Gasteiger partial charge in [0.1, 0.15) is 29.5 Å². The predicted molar refractivity (Wildman–Crippen MR) is 114 cm³/mol. The van der Waals surface area contributed by atoms with Crippen LogP contribution < -0.4 is 5.73 Å². The normalized spacial score (nSPS) is 30.1. The molecular weight excluding hydrogens is 427 g/mol.